The molecule has 2 aromatic heterocycles. The van der Waals surface area contributed by atoms with Gasteiger partial charge in [-0.25, -0.2) is 0 Å². The van der Waals surface area contributed by atoms with E-state index in [1.807, 2.05) is 25.4 Å². The molecule has 1 atom stereocenters. The predicted octanol–water partition coefficient (Wildman–Crippen LogP) is 2.98. The summed E-state index contributed by atoms with van der Waals surface area (Å²) in [4.78, 5) is 22.8. The lowest BCUT2D eigenvalue weighted by atomic mass is 9.93. The van der Waals surface area contributed by atoms with E-state index in [-0.39, 0.29) is 12.0 Å². The van der Waals surface area contributed by atoms with Gasteiger partial charge in [-0.3, -0.25) is 19.7 Å². The fourth-order valence-corrected chi connectivity index (χ4v) is 3.33. The zero-order valence-corrected chi connectivity index (χ0v) is 14.1. The molecule has 1 saturated heterocycles. The maximum absolute atomic E-state index is 11.2. The summed E-state index contributed by atoms with van der Waals surface area (Å²) in [6.07, 6.45) is 5.03. The van der Waals surface area contributed by atoms with E-state index < -0.39 is 5.97 Å². The first kappa shape index (κ1) is 16.6. The predicted molar refractivity (Wildman–Crippen MR) is 91.7 cm³/mol. The molecule has 1 aliphatic heterocycles. The lowest BCUT2D eigenvalue weighted by Crippen LogP contribution is -2.40. The molecule has 1 N–H and O–H groups in total. The summed E-state index contributed by atoms with van der Waals surface area (Å²) < 4.78 is 0. The van der Waals surface area contributed by atoms with Crippen molar-refractivity contribution in [3.05, 3.63) is 59.2 Å². The van der Waals surface area contributed by atoms with E-state index in [1.165, 1.54) is 0 Å². The number of pyridine rings is 2. The Bertz CT molecular complexity index is 707. The van der Waals surface area contributed by atoms with Crippen LogP contribution in [0.4, 0.5) is 0 Å². The van der Waals surface area contributed by atoms with Gasteiger partial charge in [-0.15, -0.1) is 0 Å². The Kier molecular flexibility index (Phi) is 4.90. The SMILES string of the molecule is Cc1ccc(C(c2ncccc2C)N2CCC(C(=O)O)CC2)nc1. The van der Waals surface area contributed by atoms with Crippen LogP contribution in [-0.2, 0) is 4.79 Å². The fraction of sp³-hybridized carbons (Fsp3) is 0.421. The molecular weight excluding hydrogens is 302 g/mol. The van der Waals surface area contributed by atoms with Gasteiger partial charge in [-0.05, 0) is 63.0 Å². The molecule has 0 bridgehead atoms. The number of aryl methyl sites for hydroxylation is 2. The van der Waals surface area contributed by atoms with Gasteiger partial charge in [0.2, 0.25) is 0 Å². The van der Waals surface area contributed by atoms with Crippen molar-refractivity contribution >= 4 is 5.97 Å². The number of nitrogens with zero attached hydrogens (tertiary/aromatic N) is 3. The van der Waals surface area contributed by atoms with Crippen LogP contribution in [0.3, 0.4) is 0 Å². The number of rotatable bonds is 4. The van der Waals surface area contributed by atoms with E-state index in [2.05, 4.69) is 40.0 Å². The van der Waals surface area contributed by atoms with Crippen LogP contribution in [0.2, 0.25) is 0 Å². The molecule has 0 spiro atoms. The second kappa shape index (κ2) is 7.09. The van der Waals surface area contributed by atoms with Gasteiger partial charge in [0.1, 0.15) is 0 Å². The number of carboxylic acid groups (broad SMARTS) is 1. The van der Waals surface area contributed by atoms with Crippen molar-refractivity contribution in [3.8, 4) is 0 Å². The Morgan fingerprint density at radius 2 is 1.96 bits per heavy atom. The molecule has 5 heteroatoms. The van der Waals surface area contributed by atoms with E-state index in [9.17, 15) is 9.90 Å². The number of hydrogen-bond donors (Lipinski definition) is 1. The summed E-state index contributed by atoms with van der Waals surface area (Å²) in [5.74, 6) is -0.925. The molecule has 0 radical (unpaired) electrons. The van der Waals surface area contributed by atoms with Crippen molar-refractivity contribution < 1.29 is 9.90 Å². The molecule has 1 unspecified atom stereocenters. The van der Waals surface area contributed by atoms with Crippen molar-refractivity contribution in [2.75, 3.05) is 13.1 Å². The van der Waals surface area contributed by atoms with Gasteiger partial charge in [-0.2, -0.15) is 0 Å². The molecule has 0 aliphatic carbocycles. The fourth-order valence-electron chi connectivity index (χ4n) is 3.33. The Balaban J connectivity index is 1.93. The molecule has 1 aliphatic rings. The molecular formula is C19H23N3O2. The van der Waals surface area contributed by atoms with Gasteiger partial charge in [-0.1, -0.05) is 12.1 Å². The van der Waals surface area contributed by atoms with Crippen LogP contribution in [0.5, 0.6) is 0 Å². The highest BCUT2D eigenvalue weighted by Gasteiger charge is 2.32. The third-order valence-electron chi connectivity index (χ3n) is 4.77. The Morgan fingerprint density at radius 3 is 2.54 bits per heavy atom. The largest absolute Gasteiger partial charge is 0.481 e. The minimum Gasteiger partial charge on any atom is -0.481 e. The number of aliphatic carboxylic acids is 1. The first-order valence-electron chi connectivity index (χ1n) is 8.37. The number of piperidine rings is 1. The number of carbonyl (C=O) groups is 1. The van der Waals surface area contributed by atoms with E-state index in [0.29, 0.717) is 12.8 Å². The van der Waals surface area contributed by atoms with Crippen LogP contribution >= 0.6 is 0 Å². The number of likely N-dealkylation sites (tertiary alicyclic amines) is 1. The van der Waals surface area contributed by atoms with Crippen LogP contribution in [-0.4, -0.2) is 39.0 Å². The monoisotopic (exact) mass is 325 g/mol. The zero-order chi connectivity index (χ0) is 17.1. The van der Waals surface area contributed by atoms with Crippen molar-refractivity contribution in [1.29, 1.82) is 0 Å². The molecule has 24 heavy (non-hydrogen) atoms. The van der Waals surface area contributed by atoms with E-state index in [4.69, 9.17) is 0 Å². The van der Waals surface area contributed by atoms with Crippen LogP contribution in [0, 0.1) is 19.8 Å². The van der Waals surface area contributed by atoms with Gasteiger partial charge >= 0.3 is 5.97 Å². The normalized spacial score (nSPS) is 17.6. The van der Waals surface area contributed by atoms with Crippen molar-refractivity contribution in [1.82, 2.24) is 14.9 Å². The molecule has 0 aromatic carbocycles. The standard InChI is InChI=1S/C19H23N3O2/c1-13-5-6-16(21-12-13)18(17-14(2)4-3-9-20-17)22-10-7-15(8-11-22)19(23)24/h3-6,9,12,15,18H,7-8,10-11H2,1-2H3,(H,23,24). The Hall–Kier alpha value is -2.27. The van der Waals surface area contributed by atoms with Crippen LogP contribution < -0.4 is 0 Å². The second-order valence-corrected chi connectivity index (χ2v) is 6.52. The molecule has 3 heterocycles. The van der Waals surface area contributed by atoms with Crippen LogP contribution in [0.1, 0.15) is 41.4 Å². The van der Waals surface area contributed by atoms with Gasteiger partial charge in [0.25, 0.3) is 0 Å². The van der Waals surface area contributed by atoms with Gasteiger partial charge in [0.15, 0.2) is 0 Å². The molecule has 3 rings (SSSR count). The number of hydrogen-bond acceptors (Lipinski definition) is 4. The second-order valence-electron chi connectivity index (χ2n) is 6.52. The maximum atomic E-state index is 11.2. The summed E-state index contributed by atoms with van der Waals surface area (Å²) in [7, 11) is 0. The summed E-state index contributed by atoms with van der Waals surface area (Å²) >= 11 is 0. The molecule has 1 fully saturated rings. The van der Waals surface area contributed by atoms with Gasteiger partial charge in [0, 0.05) is 12.4 Å². The maximum Gasteiger partial charge on any atom is 0.306 e. The molecule has 0 saturated carbocycles. The van der Waals surface area contributed by atoms with Crippen molar-refractivity contribution in [2.24, 2.45) is 5.92 Å². The van der Waals surface area contributed by atoms with Gasteiger partial charge in [0.05, 0.1) is 23.3 Å². The summed E-state index contributed by atoms with van der Waals surface area (Å²) in [6, 6.07) is 8.10. The minimum absolute atomic E-state index is 0.0263. The minimum atomic E-state index is -0.686. The first-order valence-corrected chi connectivity index (χ1v) is 8.37. The lowest BCUT2D eigenvalue weighted by molar-refractivity contribution is -0.143. The lowest BCUT2D eigenvalue weighted by Gasteiger charge is -2.36. The Labute approximate surface area is 142 Å². The topological polar surface area (TPSA) is 66.3 Å². The highest BCUT2D eigenvalue weighted by molar-refractivity contribution is 5.70. The smallest absolute Gasteiger partial charge is 0.306 e. The average molecular weight is 325 g/mol. The van der Waals surface area contributed by atoms with Gasteiger partial charge < -0.3 is 5.11 Å². The number of aromatic nitrogens is 2. The van der Waals surface area contributed by atoms with E-state index in [0.717, 1.165) is 35.6 Å². The highest BCUT2D eigenvalue weighted by Crippen LogP contribution is 2.32. The Morgan fingerprint density at radius 1 is 1.21 bits per heavy atom. The van der Waals surface area contributed by atoms with Crippen LogP contribution in [0.25, 0.3) is 0 Å². The van der Waals surface area contributed by atoms with Crippen molar-refractivity contribution in [2.45, 2.75) is 32.7 Å². The third kappa shape index (κ3) is 3.46. The quantitative estimate of drug-likeness (QED) is 0.936. The van der Waals surface area contributed by atoms with E-state index in [1.54, 1.807) is 0 Å². The molecule has 0 amide bonds. The summed E-state index contributed by atoms with van der Waals surface area (Å²) in [5, 5.41) is 9.23. The van der Waals surface area contributed by atoms with E-state index >= 15 is 0 Å². The average Bonchev–Trinajstić information content (AvgIpc) is 2.59. The zero-order valence-electron chi connectivity index (χ0n) is 14.1. The highest BCUT2D eigenvalue weighted by atomic mass is 16.4. The molecule has 2 aromatic rings. The van der Waals surface area contributed by atoms with Crippen LogP contribution in [0.15, 0.2) is 36.7 Å². The summed E-state index contributed by atoms with van der Waals surface area (Å²) in [6.45, 7) is 5.57. The summed E-state index contributed by atoms with van der Waals surface area (Å²) in [5.41, 5.74) is 4.23. The van der Waals surface area contributed by atoms with Crippen molar-refractivity contribution in [3.63, 3.8) is 0 Å². The first-order chi connectivity index (χ1) is 11.6. The third-order valence-corrected chi connectivity index (χ3v) is 4.77. The number of carboxylic acids is 1. The molecule has 5 nitrogen and oxygen atoms in total. The molecule has 126 valence electrons.